The van der Waals surface area contributed by atoms with E-state index < -0.39 is 0 Å². The molecule has 3 heterocycles. The van der Waals surface area contributed by atoms with Gasteiger partial charge >= 0.3 is 0 Å². The number of hydrogen-bond donors (Lipinski definition) is 0. The van der Waals surface area contributed by atoms with Gasteiger partial charge in [0.15, 0.2) is 0 Å². The van der Waals surface area contributed by atoms with E-state index >= 15 is 0 Å². The third-order valence-electron chi connectivity index (χ3n) is 5.29. The quantitative estimate of drug-likeness (QED) is 0.473. The van der Waals surface area contributed by atoms with E-state index in [9.17, 15) is 5.26 Å². The minimum Gasteiger partial charge on any atom is -0.371 e. The second kappa shape index (κ2) is 7.48. The summed E-state index contributed by atoms with van der Waals surface area (Å²) in [6, 6.07) is 7.90. The Hall–Kier alpha value is -1.93. The summed E-state index contributed by atoms with van der Waals surface area (Å²) < 4.78 is 1.95. The number of aromatic nitrogens is 2. The predicted octanol–water partition coefficient (Wildman–Crippen LogP) is 6.34. The van der Waals surface area contributed by atoms with Gasteiger partial charge in [-0.2, -0.15) is 5.26 Å². The Morgan fingerprint density at radius 2 is 1.71 bits per heavy atom. The molecule has 0 atom stereocenters. The lowest BCUT2D eigenvalue weighted by Gasteiger charge is -2.32. The van der Waals surface area contributed by atoms with Crippen molar-refractivity contribution in [2.24, 2.45) is 5.92 Å². The highest BCUT2D eigenvalue weighted by Crippen LogP contribution is 2.38. The van der Waals surface area contributed by atoms with Crippen LogP contribution in [0.1, 0.15) is 24.1 Å². The number of rotatable bonds is 2. The Bertz CT molecular complexity index is 1080. The number of nitrogens with zero attached hydrogens (tertiary/aromatic N) is 4. The van der Waals surface area contributed by atoms with Gasteiger partial charge in [0.05, 0.1) is 21.8 Å². The molecule has 1 aliphatic heterocycles. The SMILES string of the molecule is Cc1cc(N2CCC(C#N)CC2)c2c(C)cn(-c3c(Cl)cc(Cl)cc3Cl)c2n1. The van der Waals surface area contributed by atoms with Crippen molar-refractivity contribution < 1.29 is 0 Å². The highest BCUT2D eigenvalue weighted by atomic mass is 35.5. The summed E-state index contributed by atoms with van der Waals surface area (Å²) in [4.78, 5) is 7.15. The highest BCUT2D eigenvalue weighted by Gasteiger charge is 2.24. The van der Waals surface area contributed by atoms with Crippen LogP contribution in [-0.2, 0) is 0 Å². The molecule has 3 aromatic rings. The molecule has 0 N–H and O–H groups in total. The van der Waals surface area contributed by atoms with Crippen LogP contribution in [0.25, 0.3) is 16.7 Å². The van der Waals surface area contributed by atoms with Gasteiger partial charge in [-0.15, -0.1) is 0 Å². The smallest absolute Gasteiger partial charge is 0.147 e. The Morgan fingerprint density at radius 1 is 1.07 bits per heavy atom. The first-order valence-electron chi connectivity index (χ1n) is 9.18. The molecule has 0 aliphatic carbocycles. The maximum Gasteiger partial charge on any atom is 0.147 e. The first-order valence-corrected chi connectivity index (χ1v) is 10.3. The molecule has 7 heteroatoms. The van der Waals surface area contributed by atoms with Crippen LogP contribution in [0, 0.1) is 31.1 Å². The number of fused-ring (bicyclic) bond motifs is 1. The maximum absolute atomic E-state index is 9.19. The fourth-order valence-electron chi connectivity index (χ4n) is 3.95. The molecule has 1 aromatic carbocycles. The van der Waals surface area contributed by atoms with Crippen LogP contribution in [-0.4, -0.2) is 22.6 Å². The summed E-state index contributed by atoms with van der Waals surface area (Å²) in [5, 5.41) is 11.7. The predicted molar refractivity (Wildman–Crippen MR) is 116 cm³/mol. The maximum atomic E-state index is 9.19. The number of nitriles is 1. The summed E-state index contributed by atoms with van der Waals surface area (Å²) >= 11 is 19.0. The van der Waals surface area contributed by atoms with E-state index in [0.29, 0.717) is 20.8 Å². The molecule has 2 aromatic heterocycles. The third kappa shape index (κ3) is 3.33. The largest absolute Gasteiger partial charge is 0.371 e. The van der Waals surface area contributed by atoms with Crippen molar-refractivity contribution in [3.05, 3.63) is 50.7 Å². The lowest BCUT2D eigenvalue weighted by atomic mass is 9.97. The molecule has 0 saturated carbocycles. The molecule has 4 nitrogen and oxygen atoms in total. The van der Waals surface area contributed by atoms with Crippen LogP contribution in [0.15, 0.2) is 24.4 Å². The standard InChI is InChI=1S/C21H19Cl3N4/c1-12-11-28(20-16(23)8-15(22)9-17(20)24)21-19(12)18(7-13(2)26-21)27-5-3-14(10-25)4-6-27/h7-9,11,14H,3-6H2,1-2H3. The van der Waals surface area contributed by atoms with E-state index in [-0.39, 0.29) is 5.92 Å². The third-order valence-corrected chi connectivity index (χ3v) is 6.09. The molecule has 4 rings (SSSR count). The topological polar surface area (TPSA) is 44.9 Å². The Balaban J connectivity index is 1.89. The first-order chi connectivity index (χ1) is 13.4. The van der Waals surface area contributed by atoms with Gasteiger partial charge in [0.25, 0.3) is 0 Å². The average Bonchev–Trinajstić information content (AvgIpc) is 2.96. The number of benzene rings is 1. The van der Waals surface area contributed by atoms with Crippen LogP contribution in [0.4, 0.5) is 5.69 Å². The highest BCUT2D eigenvalue weighted by molar-refractivity contribution is 6.40. The monoisotopic (exact) mass is 432 g/mol. The molecule has 0 bridgehead atoms. The molecule has 1 aliphatic rings. The second-order valence-corrected chi connectivity index (χ2v) is 8.52. The second-order valence-electron chi connectivity index (χ2n) is 7.27. The van der Waals surface area contributed by atoms with Crippen molar-refractivity contribution in [1.29, 1.82) is 5.26 Å². The van der Waals surface area contributed by atoms with Crippen molar-refractivity contribution in [3.8, 4) is 11.8 Å². The van der Waals surface area contributed by atoms with Gasteiger partial charge in [-0.25, -0.2) is 4.98 Å². The normalized spacial score (nSPS) is 15.2. The van der Waals surface area contributed by atoms with Crippen molar-refractivity contribution in [2.75, 3.05) is 18.0 Å². The summed E-state index contributed by atoms with van der Waals surface area (Å²) in [5.74, 6) is 0.145. The molecule has 0 unspecified atom stereocenters. The number of hydrogen-bond acceptors (Lipinski definition) is 3. The van der Waals surface area contributed by atoms with Crippen LogP contribution >= 0.6 is 34.8 Å². The lowest BCUT2D eigenvalue weighted by molar-refractivity contribution is 0.488. The van der Waals surface area contributed by atoms with Gasteiger partial charge in [-0.05, 0) is 50.5 Å². The van der Waals surface area contributed by atoms with E-state index in [1.54, 1.807) is 12.1 Å². The van der Waals surface area contributed by atoms with E-state index in [1.807, 2.05) is 17.7 Å². The minimum atomic E-state index is 0.145. The molecule has 1 saturated heterocycles. The number of piperidine rings is 1. The summed E-state index contributed by atoms with van der Waals surface area (Å²) in [7, 11) is 0. The zero-order valence-corrected chi connectivity index (χ0v) is 17.9. The molecule has 144 valence electrons. The zero-order valence-electron chi connectivity index (χ0n) is 15.6. The van der Waals surface area contributed by atoms with E-state index in [1.165, 1.54) is 0 Å². The molecule has 0 radical (unpaired) electrons. The van der Waals surface area contributed by atoms with Crippen molar-refractivity contribution in [1.82, 2.24) is 9.55 Å². The van der Waals surface area contributed by atoms with Crippen LogP contribution in [0.3, 0.4) is 0 Å². The van der Waals surface area contributed by atoms with E-state index in [4.69, 9.17) is 39.8 Å². The Morgan fingerprint density at radius 3 is 2.32 bits per heavy atom. The Labute approximate surface area is 179 Å². The molecule has 28 heavy (non-hydrogen) atoms. The zero-order chi connectivity index (χ0) is 20.0. The molecule has 0 spiro atoms. The molecular weight excluding hydrogens is 415 g/mol. The van der Waals surface area contributed by atoms with Gasteiger partial charge in [0.1, 0.15) is 5.65 Å². The number of pyridine rings is 1. The fraction of sp³-hybridized carbons (Fsp3) is 0.333. The van der Waals surface area contributed by atoms with Gasteiger partial charge in [0, 0.05) is 47.0 Å². The Kier molecular flexibility index (Phi) is 5.18. The number of anilines is 1. The van der Waals surface area contributed by atoms with Gasteiger partial charge in [-0.3, -0.25) is 4.57 Å². The summed E-state index contributed by atoms with van der Waals surface area (Å²) in [6.07, 6.45) is 3.78. The molecule has 1 fully saturated rings. The average molecular weight is 434 g/mol. The van der Waals surface area contributed by atoms with Gasteiger partial charge in [-0.1, -0.05) is 34.8 Å². The summed E-state index contributed by atoms with van der Waals surface area (Å²) in [5.41, 5.74) is 4.67. The van der Waals surface area contributed by atoms with Crippen LogP contribution < -0.4 is 4.90 Å². The summed E-state index contributed by atoms with van der Waals surface area (Å²) in [6.45, 7) is 5.79. The van der Waals surface area contributed by atoms with Crippen molar-refractivity contribution >= 4 is 51.5 Å². The van der Waals surface area contributed by atoms with E-state index in [2.05, 4.69) is 24.0 Å². The van der Waals surface area contributed by atoms with E-state index in [0.717, 1.165) is 53.9 Å². The molecule has 0 amide bonds. The number of halogens is 3. The van der Waals surface area contributed by atoms with Gasteiger partial charge in [0.2, 0.25) is 0 Å². The lowest BCUT2D eigenvalue weighted by Crippen LogP contribution is -2.33. The fourth-order valence-corrected chi connectivity index (χ4v) is 4.94. The number of aryl methyl sites for hydroxylation is 2. The molecular formula is C21H19Cl3N4. The van der Waals surface area contributed by atoms with Crippen LogP contribution in [0.2, 0.25) is 15.1 Å². The van der Waals surface area contributed by atoms with Gasteiger partial charge < -0.3 is 4.90 Å². The van der Waals surface area contributed by atoms with Crippen LogP contribution in [0.5, 0.6) is 0 Å². The minimum absolute atomic E-state index is 0.145. The first kappa shape index (κ1) is 19.4. The van der Waals surface area contributed by atoms with Crippen molar-refractivity contribution in [3.63, 3.8) is 0 Å². The van der Waals surface area contributed by atoms with Crippen molar-refractivity contribution in [2.45, 2.75) is 26.7 Å².